The Hall–Kier alpha value is -2.82. The summed E-state index contributed by atoms with van der Waals surface area (Å²) in [7, 11) is 2.20. The van der Waals surface area contributed by atoms with Crippen molar-refractivity contribution in [1.29, 1.82) is 0 Å². The minimum absolute atomic E-state index is 0.533. The molecule has 1 heterocycles. The number of piperazine rings is 1. The molecule has 0 amide bonds. The van der Waals surface area contributed by atoms with Crippen LogP contribution in [-0.2, 0) is 19.6 Å². The highest BCUT2D eigenvalue weighted by Crippen LogP contribution is 2.30. The van der Waals surface area contributed by atoms with Crippen molar-refractivity contribution < 1.29 is 9.47 Å². The van der Waals surface area contributed by atoms with Crippen molar-refractivity contribution in [2.75, 3.05) is 39.8 Å². The first-order valence-electron chi connectivity index (χ1n) is 11.6. The predicted molar refractivity (Wildman–Crippen MR) is 130 cm³/mol. The Morgan fingerprint density at radius 2 is 1.25 bits per heavy atom. The van der Waals surface area contributed by atoms with Crippen LogP contribution in [0.1, 0.15) is 23.1 Å². The normalized spacial score (nSPS) is 14.9. The SMILES string of the molecule is CN1CCN(CCCc2ccc(OCc3ccccc3)c(OCc3ccccc3)c2)CC1. The molecule has 3 aromatic carbocycles. The highest BCUT2D eigenvalue weighted by Gasteiger charge is 2.13. The van der Waals surface area contributed by atoms with Gasteiger partial charge in [-0.25, -0.2) is 0 Å². The molecular formula is C28H34N2O2. The molecule has 0 bridgehead atoms. The number of nitrogens with zero attached hydrogens (tertiary/aromatic N) is 2. The molecule has 0 aromatic heterocycles. The second-order valence-electron chi connectivity index (χ2n) is 8.58. The molecule has 32 heavy (non-hydrogen) atoms. The number of benzene rings is 3. The van der Waals surface area contributed by atoms with Gasteiger partial charge in [0.05, 0.1) is 0 Å². The molecule has 0 spiro atoms. The van der Waals surface area contributed by atoms with Crippen LogP contribution in [0, 0.1) is 0 Å². The monoisotopic (exact) mass is 430 g/mol. The van der Waals surface area contributed by atoms with Gasteiger partial charge in [0.15, 0.2) is 11.5 Å². The zero-order valence-corrected chi connectivity index (χ0v) is 19.1. The lowest BCUT2D eigenvalue weighted by Crippen LogP contribution is -2.44. The second kappa shape index (κ2) is 11.7. The molecule has 4 nitrogen and oxygen atoms in total. The molecular weight excluding hydrogens is 396 g/mol. The quantitative estimate of drug-likeness (QED) is 0.451. The first kappa shape index (κ1) is 22.4. The minimum atomic E-state index is 0.533. The van der Waals surface area contributed by atoms with E-state index in [9.17, 15) is 0 Å². The predicted octanol–water partition coefficient (Wildman–Crippen LogP) is 5.02. The highest BCUT2D eigenvalue weighted by atomic mass is 16.5. The van der Waals surface area contributed by atoms with Crippen molar-refractivity contribution in [2.24, 2.45) is 0 Å². The van der Waals surface area contributed by atoms with Crippen LogP contribution >= 0.6 is 0 Å². The molecule has 0 radical (unpaired) electrons. The van der Waals surface area contributed by atoms with E-state index in [1.54, 1.807) is 0 Å². The van der Waals surface area contributed by atoms with Crippen LogP contribution in [0.4, 0.5) is 0 Å². The van der Waals surface area contributed by atoms with Crippen molar-refractivity contribution >= 4 is 0 Å². The van der Waals surface area contributed by atoms with Gasteiger partial charge in [-0.15, -0.1) is 0 Å². The summed E-state index contributed by atoms with van der Waals surface area (Å²) in [5, 5.41) is 0. The van der Waals surface area contributed by atoms with Gasteiger partial charge >= 0.3 is 0 Å². The lowest BCUT2D eigenvalue weighted by Gasteiger charge is -2.32. The van der Waals surface area contributed by atoms with Gasteiger partial charge in [0, 0.05) is 26.2 Å². The summed E-state index contributed by atoms with van der Waals surface area (Å²) in [6, 6.07) is 26.9. The fourth-order valence-corrected chi connectivity index (χ4v) is 3.99. The van der Waals surface area contributed by atoms with Crippen molar-refractivity contribution in [3.63, 3.8) is 0 Å². The number of hydrogen-bond acceptors (Lipinski definition) is 4. The van der Waals surface area contributed by atoms with E-state index in [2.05, 4.69) is 59.3 Å². The van der Waals surface area contributed by atoms with Gasteiger partial charge in [0.2, 0.25) is 0 Å². The standard InChI is InChI=1S/C28H34N2O2/c1-29-17-19-30(20-18-29)16-8-13-24-14-15-27(31-22-25-9-4-2-5-10-25)28(21-24)32-23-26-11-6-3-7-12-26/h2-7,9-12,14-15,21H,8,13,16-20,22-23H2,1H3. The highest BCUT2D eigenvalue weighted by molar-refractivity contribution is 5.43. The second-order valence-corrected chi connectivity index (χ2v) is 8.58. The molecule has 0 aliphatic carbocycles. The van der Waals surface area contributed by atoms with Gasteiger partial charge in [-0.3, -0.25) is 0 Å². The van der Waals surface area contributed by atoms with Crippen LogP contribution in [0.3, 0.4) is 0 Å². The Labute approximate surface area is 192 Å². The molecule has 4 rings (SSSR count). The van der Waals surface area contributed by atoms with E-state index < -0.39 is 0 Å². The molecule has 0 N–H and O–H groups in total. The number of rotatable bonds is 10. The Bertz CT molecular complexity index is 938. The van der Waals surface area contributed by atoms with E-state index in [1.165, 1.54) is 31.7 Å². The van der Waals surface area contributed by atoms with E-state index in [-0.39, 0.29) is 0 Å². The molecule has 0 saturated carbocycles. The van der Waals surface area contributed by atoms with Gasteiger partial charge < -0.3 is 19.3 Å². The smallest absolute Gasteiger partial charge is 0.161 e. The summed E-state index contributed by atoms with van der Waals surface area (Å²) in [5.41, 5.74) is 3.61. The Balaban J connectivity index is 1.38. The fraction of sp³-hybridized carbons (Fsp3) is 0.357. The molecule has 1 saturated heterocycles. The summed E-state index contributed by atoms with van der Waals surface area (Å²) < 4.78 is 12.4. The van der Waals surface area contributed by atoms with Crippen LogP contribution in [0.25, 0.3) is 0 Å². The number of hydrogen-bond donors (Lipinski definition) is 0. The average molecular weight is 431 g/mol. The summed E-state index contributed by atoms with van der Waals surface area (Å²) in [6.45, 7) is 6.91. The van der Waals surface area contributed by atoms with Gasteiger partial charge in [-0.1, -0.05) is 66.7 Å². The summed E-state index contributed by atoms with van der Waals surface area (Å²) in [5.74, 6) is 1.62. The first-order chi connectivity index (χ1) is 15.8. The third kappa shape index (κ3) is 6.84. The molecule has 168 valence electrons. The van der Waals surface area contributed by atoms with Crippen molar-refractivity contribution in [3.8, 4) is 11.5 Å². The average Bonchev–Trinajstić information content (AvgIpc) is 2.84. The van der Waals surface area contributed by atoms with E-state index in [0.29, 0.717) is 13.2 Å². The molecule has 1 aliphatic rings. The van der Waals surface area contributed by atoms with Gasteiger partial charge in [-0.05, 0) is 55.3 Å². The summed E-state index contributed by atoms with van der Waals surface area (Å²) in [4.78, 5) is 4.98. The molecule has 1 aliphatic heterocycles. The molecule has 4 heteroatoms. The van der Waals surface area contributed by atoms with E-state index >= 15 is 0 Å². The summed E-state index contributed by atoms with van der Waals surface area (Å²) in [6.07, 6.45) is 2.21. The maximum atomic E-state index is 6.22. The maximum absolute atomic E-state index is 6.22. The van der Waals surface area contributed by atoms with Crippen molar-refractivity contribution in [3.05, 3.63) is 95.6 Å². The third-order valence-corrected chi connectivity index (χ3v) is 6.02. The zero-order chi connectivity index (χ0) is 22.0. The lowest BCUT2D eigenvalue weighted by atomic mass is 10.1. The largest absolute Gasteiger partial charge is 0.485 e. The van der Waals surface area contributed by atoms with Gasteiger partial charge in [-0.2, -0.15) is 0 Å². The molecule has 0 atom stereocenters. The number of aryl methyl sites for hydroxylation is 1. The van der Waals surface area contributed by atoms with Crippen molar-refractivity contribution in [2.45, 2.75) is 26.1 Å². The van der Waals surface area contributed by atoms with Crippen LogP contribution in [-0.4, -0.2) is 49.6 Å². The van der Waals surface area contributed by atoms with Crippen LogP contribution in [0.15, 0.2) is 78.9 Å². The third-order valence-electron chi connectivity index (χ3n) is 6.02. The van der Waals surface area contributed by atoms with E-state index in [1.807, 2.05) is 36.4 Å². The molecule has 0 unspecified atom stereocenters. The topological polar surface area (TPSA) is 24.9 Å². The van der Waals surface area contributed by atoms with Crippen LogP contribution < -0.4 is 9.47 Å². The summed E-state index contributed by atoms with van der Waals surface area (Å²) >= 11 is 0. The van der Waals surface area contributed by atoms with E-state index in [0.717, 1.165) is 42.0 Å². The number of likely N-dealkylation sites (N-methyl/N-ethyl adjacent to an activating group) is 1. The van der Waals surface area contributed by atoms with Crippen LogP contribution in [0.2, 0.25) is 0 Å². The van der Waals surface area contributed by atoms with Gasteiger partial charge in [0.1, 0.15) is 13.2 Å². The first-order valence-corrected chi connectivity index (χ1v) is 11.6. The zero-order valence-electron chi connectivity index (χ0n) is 19.1. The van der Waals surface area contributed by atoms with E-state index in [4.69, 9.17) is 9.47 Å². The molecule has 1 fully saturated rings. The Morgan fingerprint density at radius 1 is 0.656 bits per heavy atom. The maximum Gasteiger partial charge on any atom is 0.161 e. The number of ether oxygens (including phenoxy) is 2. The minimum Gasteiger partial charge on any atom is -0.485 e. The fourth-order valence-electron chi connectivity index (χ4n) is 3.99. The Morgan fingerprint density at radius 3 is 1.88 bits per heavy atom. The van der Waals surface area contributed by atoms with Gasteiger partial charge in [0.25, 0.3) is 0 Å². The van der Waals surface area contributed by atoms with Crippen molar-refractivity contribution in [1.82, 2.24) is 9.80 Å². The lowest BCUT2D eigenvalue weighted by molar-refractivity contribution is 0.153. The Kier molecular flexibility index (Phi) is 8.18. The molecule has 3 aromatic rings. The van der Waals surface area contributed by atoms with Crippen LogP contribution in [0.5, 0.6) is 11.5 Å².